The zero-order valence-corrected chi connectivity index (χ0v) is 13.6. The molecule has 1 aromatic rings. The average Bonchev–Trinajstić information content (AvgIpc) is 2.52. The highest BCUT2D eigenvalue weighted by Gasteiger charge is 2.37. The molecule has 132 valence electrons. The molecule has 0 bridgehead atoms. The molecule has 0 N–H and O–H groups in total. The lowest BCUT2D eigenvalue weighted by atomic mass is 9.95. The highest BCUT2D eigenvalue weighted by Crippen LogP contribution is 2.34. The van der Waals surface area contributed by atoms with Crippen LogP contribution in [0.2, 0.25) is 0 Å². The van der Waals surface area contributed by atoms with Gasteiger partial charge in [-0.05, 0) is 31.0 Å². The summed E-state index contributed by atoms with van der Waals surface area (Å²) >= 11 is 0. The Balaban J connectivity index is 2.45. The average molecular weight is 363 g/mol. The minimum Gasteiger partial charge on any atom is -0.207 e. The summed E-state index contributed by atoms with van der Waals surface area (Å²) in [7, 11) is -4.24. The molecule has 1 aliphatic carbocycles. The van der Waals surface area contributed by atoms with Crippen LogP contribution in [-0.4, -0.2) is 25.3 Å². The van der Waals surface area contributed by atoms with Crippen molar-refractivity contribution < 1.29 is 26.0 Å². The second kappa shape index (κ2) is 7.11. The quantitative estimate of drug-likeness (QED) is 0.603. The van der Waals surface area contributed by atoms with Crippen molar-refractivity contribution in [1.29, 1.82) is 0 Å². The van der Waals surface area contributed by atoms with Gasteiger partial charge in [0, 0.05) is 6.04 Å². The van der Waals surface area contributed by atoms with E-state index in [9.17, 15) is 26.0 Å². The molecular weight excluding hydrogens is 346 g/mol. The number of rotatable bonds is 4. The fourth-order valence-electron chi connectivity index (χ4n) is 2.89. The molecule has 1 aliphatic rings. The van der Waals surface area contributed by atoms with Crippen LogP contribution in [-0.2, 0) is 16.2 Å². The van der Waals surface area contributed by atoms with Gasteiger partial charge < -0.3 is 0 Å². The summed E-state index contributed by atoms with van der Waals surface area (Å²) in [4.78, 5) is -0.600. The highest BCUT2D eigenvalue weighted by atomic mass is 32.2. The first-order chi connectivity index (χ1) is 11.2. The van der Waals surface area contributed by atoms with Crippen molar-refractivity contribution in [2.45, 2.75) is 49.2 Å². The number of benzene rings is 1. The lowest BCUT2D eigenvalue weighted by Gasteiger charge is -2.32. The number of alkyl halides is 3. The van der Waals surface area contributed by atoms with Gasteiger partial charge in [0.05, 0.1) is 17.0 Å². The molecular formula is C16H17F4NO2S. The minimum atomic E-state index is -4.97. The molecule has 24 heavy (non-hydrogen) atoms. The molecule has 0 heterocycles. The molecule has 8 heteroatoms. The van der Waals surface area contributed by atoms with E-state index in [4.69, 9.17) is 6.42 Å². The monoisotopic (exact) mass is 363 g/mol. The summed E-state index contributed by atoms with van der Waals surface area (Å²) in [6.45, 7) is -0.230. The summed E-state index contributed by atoms with van der Waals surface area (Å²) in [6.07, 6.45) is 4.12. The largest absolute Gasteiger partial charge is 0.419 e. The Morgan fingerprint density at radius 1 is 1.21 bits per heavy atom. The number of halogens is 4. The summed E-state index contributed by atoms with van der Waals surface area (Å²) < 4.78 is 78.5. The first kappa shape index (κ1) is 18.7. The van der Waals surface area contributed by atoms with Gasteiger partial charge in [-0.1, -0.05) is 25.2 Å². The molecule has 0 spiro atoms. The Bertz CT molecular complexity index is 731. The molecule has 0 saturated heterocycles. The standard InChI is InChI=1S/C16H17F4NO2S/c1-2-10-21(12-6-4-3-5-7-12)24(22,23)13-8-9-15(17)14(11-13)16(18,19)20/h1,8-9,11-12H,3-7,10H2. The van der Waals surface area contributed by atoms with Gasteiger partial charge in [0.1, 0.15) is 5.82 Å². The molecule has 0 aliphatic heterocycles. The van der Waals surface area contributed by atoms with Gasteiger partial charge >= 0.3 is 6.18 Å². The predicted molar refractivity (Wildman–Crippen MR) is 81.0 cm³/mol. The van der Waals surface area contributed by atoms with Gasteiger partial charge in [0.25, 0.3) is 0 Å². The number of hydrogen-bond donors (Lipinski definition) is 0. The molecule has 0 amide bonds. The maximum Gasteiger partial charge on any atom is 0.419 e. The van der Waals surface area contributed by atoms with Crippen LogP contribution >= 0.6 is 0 Å². The van der Waals surface area contributed by atoms with Crippen LogP contribution in [0.3, 0.4) is 0 Å². The van der Waals surface area contributed by atoms with Crippen molar-refractivity contribution in [2.75, 3.05) is 6.54 Å². The van der Waals surface area contributed by atoms with Crippen molar-refractivity contribution in [3.63, 3.8) is 0 Å². The first-order valence-electron chi connectivity index (χ1n) is 7.50. The lowest BCUT2D eigenvalue weighted by molar-refractivity contribution is -0.140. The van der Waals surface area contributed by atoms with Crippen LogP contribution in [0.15, 0.2) is 23.1 Å². The van der Waals surface area contributed by atoms with Gasteiger partial charge in [-0.15, -0.1) is 6.42 Å². The molecule has 1 fully saturated rings. The van der Waals surface area contributed by atoms with E-state index in [1.165, 1.54) is 0 Å². The number of terminal acetylenes is 1. The predicted octanol–water partition coefficient (Wildman–Crippen LogP) is 3.80. The lowest BCUT2D eigenvalue weighted by Crippen LogP contribution is -2.41. The van der Waals surface area contributed by atoms with E-state index in [0.29, 0.717) is 25.0 Å². The molecule has 1 saturated carbocycles. The van der Waals surface area contributed by atoms with E-state index >= 15 is 0 Å². The van der Waals surface area contributed by atoms with E-state index in [1.807, 2.05) is 0 Å². The van der Waals surface area contributed by atoms with Crippen molar-refractivity contribution in [3.8, 4) is 12.3 Å². The van der Waals surface area contributed by atoms with E-state index < -0.39 is 32.5 Å². The normalized spacial score (nSPS) is 17.0. The van der Waals surface area contributed by atoms with Crippen LogP contribution < -0.4 is 0 Å². The van der Waals surface area contributed by atoms with Crippen molar-refractivity contribution in [3.05, 3.63) is 29.6 Å². The Kier molecular flexibility index (Phi) is 5.56. The Morgan fingerprint density at radius 2 is 1.83 bits per heavy atom. The maximum absolute atomic E-state index is 13.4. The zero-order valence-electron chi connectivity index (χ0n) is 12.8. The summed E-state index contributed by atoms with van der Waals surface area (Å²) in [5, 5.41) is 0. The third-order valence-corrected chi connectivity index (χ3v) is 5.97. The van der Waals surface area contributed by atoms with E-state index in [0.717, 1.165) is 29.6 Å². The fourth-order valence-corrected chi connectivity index (χ4v) is 4.51. The zero-order chi connectivity index (χ0) is 18.0. The van der Waals surface area contributed by atoms with Gasteiger partial charge in [0.15, 0.2) is 0 Å². The number of hydrogen-bond acceptors (Lipinski definition) is 2. The summed E-state index contributed by atoms with van der Waals surface area (Å²) in [5.41, 5.74) is -1.60. The van der Waals surface area contributed by atoms with Crippen LogP contribution in [0.1, 0.15) is 37.7 Å². The Hall–Kier alpha value is -1.59. The van der Waals surface area contributed by atoms with Crippen LogP contribution in [0.25, 0.3) is 0 Å². The molecule has 0 aromatic heterocycles. The van der Waals surface area contributed by atoms with E-state index in [2.05, 4.69) is 5.92 Å². The first-order valence-corrected chi connectivity index (χ1v) is 8.94. The second-order valence-corrected chi connectivity index (χ2v) is 7.58. The Morgan fingerprint density at radius 3 is 2.38 bits per heavy atom. The van der Waals surface area contributed by atoms with Gasteiger partial charge in [0.2, 0.25) is 10.0 Å². The molecule has 3 nitrogen and oxygen atoms in total. The smallest absolute Gasteiger partial charge is 0.207 e. The van der Waals surface area contributed by atoms with E-state index in [1.54, 1.807) is 0 Å². The molecule has 2 rings (SSSR count). The van der Waals surface area contributed by atoms with E-state index in [-0.39, 0.29) is 12.6 Å². The van der Waals surface area contributed by atoms with Crippen molar-refractivity contribution in [1.82, 2.24) is 4.31 Å². The molecule has 1 aromatic carbocycles. The topological polar surface area (TPSA) is 37.4 Å². The molecule has 0 unspecified atom stereocenters. The summed E-state index contributed by atoms with van der Waals surface area (Å²) in [5.74, 6) is 0.736. The van der Waals surface area contributed by atoms with Crippen molar-refractivity contribution >= 4 is 10.0 Å². The number of sulfonamides is 1. The van der Waals surface area contributed by atoms with Crippen LogP contribution in [0.4, 0.5) is 17.6 Å². The minimum absolute atomic E-state index is 0.230. The fraction of sp³-hybridized carbons (Fsp3) is 0.500. The van der Waals surface area contributed by atoms with Gasteiger partial charge in [-0.3, -0.25) is 0 Å². The summed E-state index contributed by atoms with van der Waals surface area (Å²) in [6, 6.07) is 1.34. The highest BCUT2D eigenvalue weighted by molar-refractivity contribution is 7.89. The third kappa shape index (κ3) is 3.90. The third-order valence-electron chi connectivity index (χ3n) is 4.08. The van der Waals surface area contributed by atoms with Gasteiger partial charge in [-0.2, -0.15) is 17.5 Å². The van der Waals surface area contributed by atoms with Gasteiger partial charge in [-0.25, -0.2) is 12.8 Å². The maximum atomic E-state index is 13.4. The van der Waals surface area contributed by atoms with Crippen LogP contribution in [0, 0.1) is 18.2 Å². The molecule has 0 atom stereocenters. The SMILES string of the molecule is C#CCN(C1CCCCC1)S(=O)(=O)c1ccc(F)c(C(F)(F)F)c1. The Labute approximate surface area is 138 Å². The second-order valence-electron chi connectivity index (χ2n) is 5.69. The number of nitrogens with zero attached hydrogens (tertiary/aromatic N) is 1. The van der Waals surface area contributed by atoms with Crippen molar-refractivity contribution in [2.24, 2.45) is 0 Å². The van der Waals surface area contributed by atoms with Crippen LogP contribution in [0.5, 0.6) is 0 Å². The molecule has 0 radical (unpaired) electrons.